The van der Waals surface area contributed by atoms with Crippen LogP contribution in [0.5, 0.6) is 0 Å². The summed E-state index contributed by atoms with van der Waals surface area (Å²) in [5, 5.41) is 5.31. The molecule has 6 heteroatoms. The van der Waals surface area contributed by atoms with Crippen molar-refractivity contribution in [3.8, 4) is 0 Å². The molecule has 2 rings (SSSR count). The molecule has 112 valence electrons. The molecular weight excluding hydrogens is 274 g/mol. The van der Waals surface area contributed by atoms with Gasteiger partial charge in [-0.25, -0.2) is 13.6 Å². The minimum atomic E-state index is -3.69. The number of hydrogen-bond donors (Lipinski definition) is 1. The van der Waals surface area contributed by atoms with Gasteiger partial charge in [0.1, 0.15) is 4.90 Å². The fourth-order valence-corrected chi connectivity index (χ4v) is 3.67. The number of rotatable bonds is 3. The predicted molar refractivity (Wildman–Crippen MR) is 81.3 cm³/mol. The highest BCUT2D eigenvalue weighted by molar-refractivity contribution is 7.89. The molecule has 0 aromatic heterocycles. The van der Waals surface area contributed by atoms with Crippen LogP contribution in [-0.2, 0) is 10.0 Å². The Hall–Kier alpha value is -1.11. The van der Waals surface area contributed by atoms with E-state index < -0.39 is 10.0 Å². The van der Waals surface area contributed by atoms with Crippen molar-refractivity contribution < 1.29 is 8.42 Å². The molecule has 1 aromatic carbocycles. The van der Waals surface area contributed by atoms with Gasteiger partial charge in [-0.3, -0.25) is 4.90 Å². The lowest BCUT2D eigenvalue weighted by atomic mass is 10.1. The molecule has 0 bridgehead atoms. The van der Waals surface area contributed by atoms with Gasteiger partial charge in [0.05, 0.1) is 5.69 Å². The van der Waals surface area contributed by atoms with Crippen molar-refractivity contribution in [2.24, 2.45) is 5.14 Å². The van der Waals surface area contributed by atoms with Crippen molar-refractivity contribution in [1.29, 1.82) is 0 Å². The van der Waals surface area contributed by atoms with Gasteiger partial charge in [-0.15, -0.1) is 0 Å². The van der Waals surface area contributed by atoms with E-state index in [0.29, 0.717) is 17.8 Å². The van der Waals surface area contributed by atoms with Crippen LogP contribution in [0.2, 0.25) is 0 Å². The molecule has 2 N–H and O–H groups in total. The lowest BCUT2D eigenvalue weighted by molar-refractivity contribution is 0.148. The summed E-state index contributed by atoms with van der Waals surface area (Å²) in [5.74, 6) is 0. The van der Waals surface area contributed by atoms with E-state index in [1.54, 1.807) is 12.1 Å². The van der Waals surface area contributed by atoms with Gasteiger partial charge in [0, 0.05) is 31.7 Å². The van der Waals surface area contributed by atoms with Gasteiger partial charge in [-0.2, -0.15) is 0 Å². The Morgan fingerprint density at radius 2 is 1.90 bits per heavy atom. The van der Waals surface area contributed by atoms with Gasteiger partial charge in [-0.1, -0.05) is 12.1 Å². The predicted octanol–water partition coefficient (Wildman–Crippen LogP) is 1.25. The minimum Gasteiger partial charge on any atom is -0.368 e. The average Bonchev–Trinajstić information content (AvgIpc) is 2.37. The quantitative estimate of drug-likeness (QED) is 0.912. The highest BCUT2D eigenvalue weighted by Gasteiger charge is 2.27. The van der Waals surface area contributed by atoms with Crippen LogP contribution in [0.3, 0.4) is 0 Å². The first-order valence-corrected chi connectivity index (χ1v) is 8.48. The summed E-state index contributed by atoms with van der Waals surface area (Å²) in [4.78, 5) is 4.75. The summed E-state index contributed by atoms with van der Waals surface area (Å²) in [7, 11) is -3.69. The zero-order valence-corrected chi connectivity index (χ0v) is 13.1. The molecule has 0 spiro atoms. The second-order valence-electron chi connectivity index (χ2n) is 5.64. The highest BCUT2D eigenvalue weighted by Crippen LogP contribution is 2.26. The van der Waals surface area contributed by atoms with Crippen molar-refractivity contribution in [3.05, 3.63) is 24.3 Å². The maximum atomic E-state index is 11.7. The first-order valence-electron chi connectivity index (χ1n) is 6.93. The van der Waals surface area contributed by atoms with E-state index in [2.05, 4.69) is 30.6 Å². The molecule has 20 heavy (non-hydrogen) atoms. The second-order valence-corrected chi connectivity index (χ2v) is 7.17. The van der Waals surface area contributed by atoms with Crippen LogP contribution in [0.4, 0.5) is 5.69 Å². The monoisotopic (exact) mass is 297 g/mol. The van der Waals surface area contributed by atoms with Gasteiger partial charge in [0.2, 0.25) is 10.0 Å². The maximum Gasteiger partial charge on any atom is 0.240 e. The summed E-state index contributed by atoms with van der Waals surface area (Å²) in [6.07, 6.45) is 0. The normalized spacial score (nSPS) is 21.4. The third-order valence-corrected chi connectivity index (χ3v) is 4.81. The Labute approximate surface area is 121 Å². The Kier molecular flexibility index (Phi) is 4.36. The van der Waals surface area contributed by atoms with E-state index in [1.807, 2.05) is 12.1 Å². The molecule has 0 saturated carbocycles. The first-order chi connectivity index (χ1) is 9.30. The topological polar surface area (TPSA) is 66.6 Å². The third kappa shape index (κ3) is 3.13. The molecule has 1 aliphatic rings. The summed E-state index contributed by atoms with van der Waals surface area (Å²) >= 11 is 0. The summed E-state index contributed by atoms with van der Waals surface area (Å²) in [6, 6.07) is 7.85. The summed E-state index contributed by atoms with van der Waals surface area (Å²) in [6.45, 7) is 9.10. The van der Waals surface area contributed by atoms with Crippen LogP contribution in [-0.4, -0.2) is 45.0 Å². The number of para-hydroxylation sites is 1. The largest absolute Gasteiger partial charge is 0.368 e. The van der Waals surface area contributed by atoms with Crippen LogP contribution in [0.25, 0.3) is 0 Å². The van der Waals surface area contributed by atoms with Crippen molar-refractivity contribution in [1.82, 2.24) is 4.90 Å². The standard InChI is InChI=1S/C14H23N3O2S/c1-11(2)17-9-8-16(10-12(17)3)13-6-4-5-7-14(13)20(15,18)19/h4-7,11-12H,8-10H2,1-3H3,(H2,15,18,19)/t12-/m0/s1. The van der Waals surface area contributed by atoms with Gasteiger partial charge in [-0.05, 0) is 32.9 Å². The van der Waals surface area contributed by atoms with E-state index in [1.165, 1.54) is 0 Å². The fraction of sp³-hybridized carbons (Fsp3) is 0.571. The van der Waals surface area contributed by atoms with Crippen LogP contribution in [0.1, 0.15) is 20.8 Å². The van der Waals surface area contributed by atoms with Crippen LogP contribution in [0.15, 0.2) is 29.2 Å². The molecule has 1 aromatic rings. The molecule has 5 nitrogen and oxygen atoms in total. The average molecular weight is 297 g/mol. The lowest BCUT2D eigenvalue weighted by Crippen LogP contribution is -2.54. The number of nitrogens with two attached hydrogens (primary N) is 1. The van der Waals surface area contributed by atoms with Crippen molar-refractivity contribution in [2.75, 3.05) is 24.5 Å². The highest BCUT2D eigenvalue weighted by atomic mass is 32.2. The van der Waals surface area contributed by atoms with Gasteiger partial charge < -0.3 is 4.90 Å². The molecule has 0 radical (unpaired) electrons. The van der Waals surface area contributed by atoms with Crippen molar-refractivity contribution >= 4 is 15.7 Å². The fourth-order valence-electron chi connectivity index (χ4n) is 2.92. The maximum absolute atomic E-state index is 11.7. The molecule has 1 saturated heterocycles. The Morgan fingerprint density at radius 1 is 1.25 bits per heavy atom. The van der Waals surface area contributed by atoms with E-state index in [9.17, 15) is 8.42 Å². The van der Waals surface area contributed by atoms with Crippen LogP contribution >= 0.6 is 0 Å². The molecule has 1 heterocycles. The van der Waals surface area contributed by atoms with Gasteiger partial charge in [0.15, 0.2) is 0 Å². The zero-order valence-electron chi connectivity index (χ0n) is 12.3. The first kappa shape index (κ1) is 15.3. The Morgan fingerprint density at radius 3 is 2.45 bits per heavy atom. The number of anilines is 1. The third-order valence-electron chi connectivity index (χ3n) is 3.85. The molecule has 1 aliphatic heterocycles. The summed E-state index contributed by atoms with van der Waals surface area (Å²) in [5.41, 5.74) is 0.713. The molecule has 0 amide bonds. The number of piperazine rings is 1. The van der Waals surface area contributed by atoms with Gasteiger partial charge in [0.25, 0.3) is 0 Å². The molecular formula is C14H23N3O2S. The number of nitrogens with zero attached hydrogens (tertiary/aromatic N) is 2. The Balaban J connectivity index is 2.27. The number of primary sulfonamides is 1. The van der Waals surface area contributed by atoms with Crippen LogP contribution in [0, 0.1) is 0 Å². The van der Waals surface area contributed by atoms with E-state index in [-0.39, 0.29) is 4.90 Å². The van der Waals surface area contributed by atoms with Crippen molar-refractivity contribution in [2.45, 2.75) is 37.8 Å². The Bertz CT molecular complexity index is 572. The molecule has 1 atom stereocenters. The molecule has 0 unspecified atom stereocenters. The molecule has 0 aliphatic carbocycles. The number of benzene rings is 1. The SMILES string of the molecule is CC(C)N1CCN(c2ccccc2S(N)(=O)=O)C[C@@H]1C. The number of hydrogen-bond acceptors (Lipinski definition) is 4. The van der Waals surface area contributed by atoms with Crippen molar-refractivity contribution in [3.63, 3.8) is 0 Å². The van der Waals surface area contributed by atoms with E-state index in [4.69, 9.17) is 5.14 Å². The smallest absolute Gasteiger partial charge is 0.240 e. The number of sulfonamides is 1. The second kappa shape index (κ2) is 5.71. The van der Waals surface area contributed by atoms with E-state index in [0.717, 1.165) is 19.6 Å². The summed E-state index contributed by atoms with van der Waals surface area (Å²) < 4.78 is 23.4. The van der Waals surface area contributed by atoms with Gasteiger partial charge >= 0.3 is 0 Å². The minimum absolute atomic E-state index is 0.213. The van der Waals surface area contributed by atoms with Crippen LogP contribution < -0.4 is 10.0 Å². The lowest BCUT2D eigenvalue weighted by Gasteiger charge is -2.43. The molecule has 1 fully saturated rings. The zero-order chi connectivity index (χ0) is 14.9. The van der Waals surface area contributed by atoms with E-state index >= 15 is 0 Å².